The van der Waals surface area contributed by atoms with Gasteiger partial charge in [0.25, 0.3) is 11.8 Å². The molecule has 4 rings (SSSR count). The van der Waals surface area contributed by atoms with Gasteiger partial charge in [0.1, 0.15) is 11.5 Å². The highest BCUT2D eigenvalue weighted by molar-refractivity contribution is 6.45. The van der Waals surface area contributed by atoms with Crippen molar-refractivity contribution in [2.45, 2.75) is 26.7 Å². The number of nitrogens with zero attached hydrogens (tertiary/aromatic N) is 2. The van der Waals surface area contributed by atoms with Gasteiger partial charge >= 0.3 is 0 Å². The van der Waals surface area contributed by atoms with Crippen molar-refractivity contribution in [3.8, 4) is 0 Å². The molecule has 1 fully saturated rings. The molecule has 2 aliphatic rings. The van der Waals surface area contributed by atoms with Gasteiger partial charge in [0.2, 0.25) is 0 Å². The van der Waals surface area contributed by atoms with E-state index in [4.69, 9.17) is 11.6 Å². The average Bonchev–Trinajstić information content (AvgIpc) is 2.95. The number of hydrogen-bond acceptors (Lipinski definition) is 3. The van der Waals surface area contributed by atoms with Crippen LogP contribution in [0.3, 0.4) is 0 Å². The number of carbonyl (C=O) groups excluding carboxylic acids is 2. The van der Waals surface area contributed by atoms with E-state index in [1.54, 1.807) is 0 Å². The van der Waals surface area contributed by atoms with E-state index in [0.717, 1.165) is 36.4 Å². The number of halogens is 2. The van der Waals surface area contributed by atoms with E-state index in [0.29, 0.717) is 22.8 Å². The van der Waals surface area contributed by atoms with E-state index >= 15 is 0 Å². The lowest BCUT2D eigenvalue weighted by atomic mass is 9.97. The van der Waals surface area contributed by atoms with Gasteiger partial charge in [-0.15, -0.1) is 0 Å². The molecule has 0 aliphatic carbocycles. The van der Waals surface area contributed by atoms with Crippen molar-refractivity contribution < 1.29 is 14.0 Å². The Morgan fingerprint density at radius 1 is 1.07 bits per heavy atom. The summed E-state index contributed by atoms with van der Waals surface area (Å²) in [6, 6.07) is 11.5. The Balaban J connectivity index is 1.83. The molecular weight excluding hydrogens is 391 g/mol. The summed E-state index contributed by atoms with van der Waals surface area (Å²) in [6.07, 6.45) is 2.07. The van der Waals surface area contributed by atoms with E-state index in [1.165, 1.54) is 18.2 Å². The lowest BCUT2D eigenvalue weighted by Gasteiger charge is -2.33. The molecule has 1 atom stereocenters. The molecule has 0 aromatic heterocycles. The topological polar surface area (TPSA) is 40.6 Å². The van der Waals surface area contributed by atoms with Gasteiger partial charge in [-0.05, 0) is 49.4 Å². The lowest BCUT2D eigenvalue weighted by molar-refractivity contribution is -0.120. The summed E-state index contributed by atoms with van der Waals surface area (Å²) in [5.41, 5.74) is 2.87. The molecule has 0 radical (unpaired) electrons. The summed E-state index contributed by atoms with van der Waals surface area (Å²) in [5, 5.41) is -0.125. The monoisotopic (exact) mass is 412 g/mol. The van der Waals surface area contributed by atoms with Crippen LogP contribution in [0.5, 0.6) is 0 Å². The predicted octanol–water partition coefficient (Wildman–Crippen LogP) is 4.80. The summed E-state index contributed by atoms with van der Waals surface area (Å²) >= 11 is 5.91. The maximum absolute atomic E-state index is 13.6. The van der Waals surface area contributed by atoms with E-state index < -0.39 is 11.7 Å². The molecule has 2 amide bonds. The van der Waals surface area contributed by atoms with Crippen LogP contribution >= 0.6 is 11.6 Å². The summed E-state index contributed by atoms with van der Waals surface area (Å²) in [6.45, 7) is 5.57. The molecule has 1 unspecified atom stereocenters. The molecule has 0 saturated carbocycles. The minimum absolute atomic E-state index is 0.125. The third kappa shape index (κ3) is 3.55. The van der Waals surface area contributed by atoms with Gasteiger partial charge in [-0.3, -0.25) is 9.59 Å². The number of benzene rings is 2. The second-order valence-electron chi connectivity index (χ2n) is 7.83. The Morgan fingerprint density at radius 3 is 2.45 bits per heavy atom. The number of likely N-dealkylation sites (tertiary alicyclic amines) is 1. The molecule has 29 heavy (non-hydrogen) atoms. The molecule has 2 heterocycles. The van der Waals surface area contributed by atoms with Crippen molar-refractivity contribution in [1.29, 1.82) is 0 Å². The van der Waals surface area contributed by atoms with Crippen LogP contribution in [0.1, 0.15) is 30.9 Å². The molecule has 0 N–H and O–H groups in total. The first-order chi connectivity index (χ1) is 13.9. The van der Waals surface area contributed by atoms with Crippen molar-refractivity contribution >= 4 is 34.7 Å². The molecule has 2 aromatic carbocycles. The maximum Gasteiger partial charge on any atom is 0.282 e. The zero-order chi connectivity index (χ0) is 20.7. The van der Waals surface area contributed by atoms with Crippen LogP contribution in [0, 0.1) is 18.7 Å². The SMILES string of the molecule is Cc1ccc(C2=C(N3CCCC(C)C3)C(=O)N(c3ccc(F)c(Cl)c3)C2=O)cc1. The minimum atomic E-state index is -0.591. The second kappa shape index (κ2) is 7.64. The highest BCUT2D eigenvalue weighted by Crippen LogP contribution is 2.37. The fraction of sp³-hybridized carbons (Fsp3) is 0.304. The number of carbonyl (C=O) groups is 2. The summed E-state index contributed by atoms with van der Waals surface area (Å²) in [7, 11) is 0. The van der Waals surface area contributed by atoms with Crippen LogP contribution in [-0.4, -0.2) is 29.8 Å². The standard InChI is InChI=1S/C23H22ClFN2O2/c1-14-5-7-16(8-6-14)20-21(26-11-3-4-15(2)13-26)23(29)27(22(20)28)17-9-10-19(25)18(24)12-17/h5-10,12,15H,3-4,11,13H2,1-2H3. The highest BCUT2D eigenvalue weighted by Gasteiger charge is 2.43. The van der Waals surface area contributed by atoms with E-state index in [1.807, 2.05) is 36.1 Å². The Kier molecular flexibility index (Phi) is 5.17. The van der Waals surface area contributed by atoms with E-state index in [2.05, 4.69) is 6.92 Å². The number of amides is 2. The summed E-state index contributed by atoms with van der Waals surface area (Å²) in [4.78, 5) is 30.0. The molecule has 1 saturated heterocycles. The van der Waals surface area contributed by atoms with Gasteiger partial charge < -0.3 is 4.90 Å². The van der Waals surface area contributed by atoms with Gasteiger partial charge in [0.05, 0.1) is 16.3 Å². The molecule has 2 aromatic rings. The Hall–Kier alpha value is -2.66. The van der Waals surface area contributed by atoms with Crippen LogP contribution in [0.25, 0.3) is 5.57 Å². The van der Waals surface area contributed by atoms with Gasteiger partial charge in [0.15, 0.2) is 0 Å². The number of anilines is 1. The molecule has 2 aliphatic heterocycles. The molecular formula is C23H22ClFN2O2. The first-order valence-corrected chi connectivity index (χ1v) is 10.1. The minimum Gasteiger partial charge on any atom is -0.366 e. The van der Waals surface area contributed by atoms with Gasteiger partial charge in [-0.25, -0.2) is 9.29 Å². The number of hydrogen-bond donors (Lipinski definition) is 0. The largest absolute Gasteiger partial charge is 0.366 e. The summed E-state index contributed by atoms with van der Waals surface area (Å²) < 4.78 is 13.6. The lowest BCUT2D eigenvalue weighted by Crippen LogP contribution is -2.39. The van der Waals surface area contributed by atoms with E-state index in [-0.39, 0.29) is 16.6 Å². The normalized spacial score (nSPS) is 20.1. The first-order valence-electron chi connectivity index (χ1n) is 9.77. The number of rotatable bonds is 3. The number of imide groups is 1. The molecule has 4 nitrogen and oxygen atoms in total. The van der Waals surface area contributed by atoms with Crippen LogP contribution in [0.2, 0.25) is 5.02 Å². The van der Waals surface area contributed by atoms with Crippen molar-refractivity contribution in [3.05, 3.63) is 70.1 Å². The average molecular weight is 413 g/mol. The Morgan fingerprint density at radius 2 is 1.79 bits per heavy atom. The fourth-order valence-corrected chi connectivity index (χ4v) is 4.22. The van der Waals surface area contributed by atoms with Crippen molar-refractivity contribution in [3.63, 3.8) is 0 Å². The van der Waals surface area contributed by atoms with Crippen LogP contribution in [0.4, 0.5) is 10.1 Å². The van der Waals surface area contributed by atoms with Gasteiger partial charge in [-0.1, -0.05) is 48.4 Å². The van der Waals surface area contributed by atoms with Crippen LogP contribution in [-0.2, 0) is 9.59 Å². The highest BCUT2D eigenvalue weighted by atomic mass is 35.5. The third-order valence-electron chi connectivity index (χ3n) is 5.53. The Labute approximate surface area is 174 Å². The summed E-state index contributed by atoms with van der Waals surface area (Å²) in [5.74, 6) is -0.948. The molecule has 0 spiro atoms. The third-order valence-corrected chi connectivity index (χ3v) is 5.82. The zero-order valence-corrected chi connectivity index (χ0v) is 17.2. The van der Waals surface area contributed by atoms with Gasteiger partial charge in [-0.2, -0.15) is 0 Å². The maximum atomic E-state index is 13.6. The second-order valence-corrected chi connectivity index (χ2v) is 8.23. The quantitative estimate of drug-likeness (QED) is 0.679. The predicted molar refractivity (Wildman–Crippen MR) is 112 cm³/mol. The number of piperidine rings is 1. The number of aryl methyl sites for hydroxylation is 1. The first kappa shape index (κ1) is 19.6. The Bertz CT molecular complexity index is 1020. The zero-order valence-electron chi connectivity index (χ0n) is 16.4. The molecule has 150 valence electrons. The van der Waals surface area contributed by atoms with Crippen molar-refractivity contribution in [2.75, 3.05) is 18.0 Å². The fourth-order valence-electron chi connectivity index (χ4n) is 4.04. The van der Waals surface area contributed by atoms with E-state index in [9.17, 15) is 14.0 Å². The smallest absolute Gasteiger partial charge is 0.282 e. The van der Waals surface area contributed by atoms with Crippen molar-refractivity contribution in [1.82, 2.24) is 4.90 Å². The van der Waals surface area contributed by atoms with Crippen molar-refractivity contribution in [2.24, 2.45) is 5.92 Å². The molecule has 6 heteroatoms. The van der Waals surface area contributed by atoms with Crippen LogP contribution in [0.15, 0.2) is 48.2 Å². The molecule has 0 bridgehead atoms. The van der Waals surface area contributed by atoms with Crippen LogP contribution < -0.4 is 4.90 Å². The van der Waals surface area contributed by atoms with Gasteiger partial charge in [0, 0.05) is 13.1 Å².